The lowest BCUT2D eigenvalue weighted by molar-refractivity contribution is 0.619. The van der Waals surface area contributed by atoms with Gasteiger partial charge in [0.05, 0.1) is 11.4 Å². The van der Waals surface area contributed by atoms with Crippen LogP contribution < -0.4 is 0 Å². The largest absolute Gasteiger partial charge is 0.260 e. The molecule has 4 heteroatoms. The van der Waals surface area contributed by atoms with Crippen LogP contribution in [0.3, 0.4) is 0 Å². The normalized spacial score (nSPS) is 13.1. The molecule has 0 atom stereocenters. The minimum atomic E-state index is -0.217. The highest BCUT2D eigenvalue weighted by atomic mass is 35.5. The summed E-state index contributed by atoms with van der Waals surface area (Å²) in [5.41, 5.74) is 6.03. The summed E-state index contributed by atoms with van der Waals surface area (Å²) in [7, 11) is 0. The topological polar surface area (TPSA) is 25.2 Å². The summed E-state index contributed by atoms with van der Waals surface area (Å²) in [6.07, 6.45) is 6.27. The molecule has 2 heterocycles. The zero-order chi connectivity index (χ0) is 18.1. The van der Waals surface area contributed by atoms with Crippen LogP contribution in [0.15, 0.2) is 65.8 Å². The molecule has 2 nitrogen and oxygen atoms in total. The second-order valence-electron chi connectivity index (χ2n) is 6.19. The van der Waals surface area contributed by atoms with E-state index in [0.29, 0.717) is 10.6 Å². The number of allylic oxidation sites excluding steroid dienone is 1. The molecular weight excluding hydrogens is 347 g/mol. The molecule has 1 aliphatic rings. The molecule has 0 saturated heterocycles. The summed E-state index contributed by atoms with van der Waals surface area (Å²) in [5, 5.41) is 0.697. The van der Waals surface area contributed by atoms with Gasteiger partial charge in [-0.1, -0.05) is 29.8 Å². The Hall–Kier alpha value is -2.78. The van der Waals surface area contributed by atoms with Crippen molar-refractivity contribution in [3.05, 3.63) is 77.7 Å². The number of rotatable bonds is 2. The second kappa shape index (κ2) is 6.85. The van der Waals surface area contributed by atoms with Gasteiger partial charge in [0, 0.05) is 40.6 Å². The number of fused-ring (bicyclic) bond motifs is 1. The number of aromatic nitrogens is 1. The maximum atomic E-state index is 13.7. The molecule has 0 aliphatic carbocycles. The molecule has 2 aromatic carbocycles. The molecular formula is C22H16ClFN2. The van der Waals surface area contributed by atoms with Crippen molar-refractivity contribution in [3.63, 3.8) is 0 Å². The van der Waals surface area contributed by atoms with Gasteiger partial charge >= 0.3 is 0 Å². The second-order valence-corrected chi connectivity index (χ2v) is 6.60. The van der Waals surface area contributed by atoms with E-state index in [1.165, 1.54) is 6.07 Å². The monoisotopic (exact) mass is 362 g/mol. The van der Waals surface area contributed by atoms with Gasteiger partial charge in [-0.25, -0.2) is 4.39 Å². The summed E-state index contributed by atoms with van der Waals surface area (Å²) in [5.74, 6) is -0.217. The first kappa shape index (κ1) is 16.7. The van der Waals surface area contributed by atoms with Crippen LogP contribution in [-0.4, -0.2) is 11.2 Å². The third-order valence-corrected chi connectivity index (χ3v) is 4.79. The molecule has 26 heavy (non-hydrogen) atoms. The van der Waals surface area contributed by atoms with Gasteiger partial charge in [0.25, 0.3) is 0 Å². The van der Waals surface area contributed by atoms with Crippen LogP contribution in [0.4, 0.5) is 10.1 Å². The Bertz CT molecular complexity index is 1050. The van der Waals surface area contributed by atoms with Crippen LogP contribution in [0.2, 0.25) is 0 Å². The lowest BCUT2D eigenvalue weighted by Gasteiger charge is -2.12. The van der Waals surface area contributed by atoms with Crippen LogP contribution in [0, 0.1) is 12.7 Å². The van der Waals surface area contributed by atoms with E-state index in [2.05, 4.69) is 9.98 Å². The Labute approximate surface area is 156 Å². The molecule has 0 bridgehead atoms. The van der Waals surface area contributed by atoms with Gasteiger partial charge in [-0.3, -0.25) is 9.98 Å². The standard InChI is InChI=1S/C22H16ClFN2/c1-14-12-16(6-8-20(14)24)22-17(4-2-11-26-22)15-7-9-21-18(13-15)19(23)5-3-10-25-21/h2,4-13H,3H2,1H3. The highest BCUT2D eigenvalue weighted by molar-refractivity contribution is 6.49. The van der Waals surface area contributed by atoms with Crippen molar-refractivity contribution >= 4 is 28.5 Å². The van der Waals surface area contributed by atoms with Gasteiger partial charge < -0.3 is 0 Å². The van der Waals surface area contributed by atoms with Crippen LogP contribution in [-0.2, 0) is 0 Å². The number of aliphatic imine (C=N–C) groups is 1. The Morgan fingerprint density at radius 1 is 1.00 bits per heavy atom. The number of hydrogen-bond acceptors (Lipinski definition) is 2. The van der Waals surface area contributed by atoms with E-state index in [9.17, 15) is 4.39 Å². The van der Waals surface area contributed by atoms with Gasteiger partial charge in [0.1, 0.15) is 5.82 Å². The molecule has 0 unspecified atom stereocenters. The highest BCUT2D eigenvalue weighted by Gasteiger charge is 2.14. The number of aryl methyl sites for hydroxylation is 1. The number of hydrogen-bond donors (Lipinski definition) is 0. The maximum absolute atomic E-state index is 13.7. The first-order valence-corrected chi connectivity index (χ1v) is 8.76. The fraction of sp³-hybridized carbons (Fsp3) is 0.0909. The highest BCUT2D eigenvalue weighted by Crippen LogP contribution is 2.37. The van der Waals surface area contributed by atoms with Gasteiger partial charge in [-0.2, -0.15) is 0 Å². The number of benzene rings is 2. The van der Waals surface area contributed by atoms with E-state index >= 15 is 0 Å². The van der Waals surface area contributed by atoms with Gasteiger partial charge in [0.15, 0.2) is 0 Å². The molecule has 1 aromatic heterocycles. The summed E-state index contributed by atoms with van der Waals surface area (Å²) < 4.78 is 13.7. The predicted molar refractivity (Wildman–Crippen MR) is 106 cm³/mol. The van der Waals surface area contributed by atoms with E-state index in [4.69, 9.17) is 11.6 Å². The molecule has 0 spiro atoms. The number of halogens is 2. The van der Waals surface area contributed by atoms with Gasteiger partial charge in [0.2, 0.25) is 0 Å². The molecule has 128 valence electrons. The van der Waals surface area contributed by atoms with Crippen LogP contribution in [0.5, 0.6) is 0 Å². The van der Waals surface area contributed by atoms with Crippen molar-refractivity contribution in [1.82, 2.24) is 4.98 Å². The Morgan fingerprint density at radius 2 is 1.85 bits per heavy atom. The Balaban J connectivity index is 1.87. The van der Waals surface area contributed by atoms with Crippen molar-refractivity contribution in [1.29, 1.82) is 0 Å². The van der Waals surface area contributed by atoms with Crippen molar-refractivity contribution in [3.8, 4) is 22.4 Å². The molecule has 1 aliphatic heterocycles. The molecule has 0 amide bonds. The summed E-state index contributed by atoms with van der Waals surface area (Å²) in [4.78, 5) is 9.00. The van der Waals surface area contributed by atoms with E-state index in [1.54, 1.807) is 19.2 Å². The fourth-order valence-electron chi connectivity index (χ4n) is 3.08. The van der Waals surface area contributed by atoms with E-state index < -0.39 is 0 Å². The molecule has 4 rings (SSSR count). The lowest BCUT2D eigenvalue weighted by atomic mass is 9.96. The van der Waals surface area contributed by atoms with Crippen LogP contribution >= 0.6 is 11.6 Å². The zero-order valence-corrected chi connectivity index (χ0v) is 15.0. The van der Waals surface area contributed by atoms with Crippen molar-refractivity contribution < 1.29 is 4.39 Å². The third kappa shape index (κ3) is 3.06. The average molecular weight is 363 g/mol. The zero-order valence-electron chi connectivity index (χ0n) is 14.2. The first-order chi connectivity index (χ1) is 12.6. The lowest BCUT2D eigenvalue weighted by Crippen LogP contribution is -1.92. The van der Waals surface area contributed by atoms with Gasteiger partial charge in [-0.05, 0) is 54.4 Å². The molecule has 0 N–H and O–H groups in total. The van der Waals surface area contributed by atoms with Crippen LogP contribution in [0.1, 0.15) is 17.5 Å². The molecule has 0 fully saturated rings. The minimum Gasteiger partial charge on any atom is -0.260 e. The molecule has 0 radical (unpaired) electrons. The van der Waals surface area contributed by atoms with E-state index in [0.717, 1.165) is 40.1 Å². The quantitative estimate of drug-likeness (QED) is 0.507. The minimum absolute atomic E-state index is 0.217. The number of pyridine rings is 1. The third-order valence-electron chi connectivity index (χ3n) is 4.44. The summed E-state index contributed by atoms with van der Waals surface area (Å²) in [6.45, 7) is 1.76. The SMILES string of the molecule is Cc1cc(-c2ncccc2-c2ccc3c(c2)C(Cl)=CCC=N3)ccc1F. The summed E-state index contributed by atoms with van der Waals surface area (Å²) in [6, 6.07) is 15.0. The average Bonchev–Trinajstić information content (AvgIpc) is 2.85. The van der Waals surface area contributed by atoms with Crippen LogP contribution in [0.25, 0.3) is 27.4 Å². The van der Waals surface area contributed by atoms with Crippen molar-refractivity contribution in [2.75, 3.05) is 0 Å². The fourth-order valence-corrected chi connectivity index (χ4v) is 3.33. The van der Waals surface area contributed by atoms with Gasteiger partial charge in [-0.15, -0.1) is 0 Å². The number of nitrogens with zero attached hydrogens (tertiary/aromatic N) is 2. The molecule has 0 saturated carbocycles. The molecule has 3 aromatic rings. The maximum Gasteiger partial charge on any atom is 0.126 e. The predicted octanol–water partition coefficient (Wildman–Crippen LogP) is 6.55. The smallest absolute Gasteiger partial charge is 0.126 e. The van der Waals surface area contributed by atoms with E-state index in [1.807, 2.05) is 48.7 Å². The van der Waals surface area contributed by atoms with Crippen molar-refractivity contribution in [2.24, 2.45) is 4.99 Å². The summed E-state index contributed by atoms with van der Waals surface area (Å²) >= 11 is 6.43. The van der Waals surface area contributed by atoms with Crippen molar-refractivity contribution in [2.45, 2.75) is 13.3 Å². The Kier molecular flexibility index (Phi) is 4.39. The van der Waals surface area contributed by atoms with E-state index in [-0.39, 0.29) is 5.82 Å². The first-order valence-electron chi connectivity index (χ1n) is 8.38. The Morgan fingerprint density at radius 3 is 2.69 bits per heavy atom.